The second-order valence-corrected chi connectivity index (χ2v) is 8.56. The van der Waals surface area contributed by atoms with Crippen molar-refractivity contribution in [1.82, 2.24) is 19.9 Å². The van der Waals surface area contributed by atoms with Gasteiger partial charge in [0.25, 0.3) is 0 Å². The molecule has 1 aliphatic rings. The molecule has 0 amide bonds. The van der Waals surface area contributed by atoms with Gasteiger partial charge in [-0.15, -0.1) is 0 Å². The summed E-state index contributed by atoms with van der Waals surface area (Å²) in [5.41, 5.74) is 0. The Morgan fingerprint density at radius 3 is 2.88 bits per heavy atom. The fourth-order valence-corrected chi connectivity index (χ4v) is 4.16. The van der Waals surface area contributed by atoms with Crippen LogP contribution in [0.4, 0.5) is 0 Å². The Morgan fingerprint density at radius 2 is 2.24 bits per heavy atom. The van der Waals surface area contributed by atoms with Crippen molar-refractivity contribution in [3.8, 4) is 0 Å². The van der Waals surface area contributed by atoms with Crippen molar-refractivity contribution >= 4 is 16.0 Å². The van der Waals surface area contributed by atoms with Crippen molar-refractivity contribution in [2.24, 2.45) is 16.8 Å². The minimum atomic E-state index is -3.51. The highest BCUT2D eigenvalue weighted by Gasteiger charge is 2.25. The van der Waals surface area contributed by atoms with Crippen LogP contribution in [0.1, 0.15) is 26.7 Å². The van der Waals surface area contributed by atoms with Gasteiger partial charge in [0.05, 0.1) is 0 Å². The molecule has 0 aromatic carbocycles. The predicted octanol–water partition coefficient (Wildman–Crippen LogP) is 1.30. The summed E-state index contributed by atoms with van der Waals surface area (Å²) in [6, 6.07) is 3.14. The Morgan fingerprint density at radius 1 is 1.44 bits per heavy atom. The molecule has 1 aliphatic heterocycles. The lowest BCUT2D eigenvalue weighted by atomic mass is 9.97. The van der Waals surface area contributed by atoms with Crippen LogP contribution in [0.15, 0.2) is 34.4 Å². The Bertz CT molecular complexity index is 661. The van der Waals surface area contributed by atoms with Gasteiger partial charge in [-0.3, -0.25) is 9.98 Å². The maximum Gasteiger partial charge on any atom is 0.242 e. The molecule has 1 aromatic rings. The van der Waals surface area contributed by atoms with Gasteiger partial charge < -0.3 is 10.2 Å². The van der Waals surface area contributed by atoms with Crippen LogP contribution >= 0.6 is 0 Å². The van der Waals surface area contributed by atoms with Crippen molar-refractivity contribution < 1.29 is 8.42 Å². The zero-order valence-electron chi connectivity index (χ0n) is 15.3. The number of hydrogen-bond acceptors (Lipinski definition) is 4. The van der Waals surface area contributed by atoms with Crippen LogP contribution in [-0.2, 0) is 10.0 Å². The zero-order valence-corrected chi connectivity index (χ0v) is 16.1. The lowest BCUT2D eigenvalue weighted by Gasteiger charge is -2.22. The minimum Gasteiger partial charge on any atom is -0.355 e. The molecule has 25 heavy (non-hydrogen) atoms. The molecule has 0 spiro atoms. The topological polar surface area (TPSA) is 86.7 Å². The van der Waals surface area contributed by atoms with E-state index in [1.807, 2.05) is 0 Å². The third kappa shape index (κ3) is 5.97. The van der Waals surface area contributed by atoms with Gasteiger partial charge in [-0.1, -0.05) is 13.8 Å². The molecule has 140 valence electrons. The third-order valence-corrected chi connectivity index (χ3v) is 5.69. The van der Waals surface area contributed by atoms with E-state index in [4.69, 9.17) is 0 Å². The Hall–Kier alpha value is -1.67. The first kappa shape index (κ1) is 19.7. The summed E-state index contributed by atoms with van der Waals surface area (Å²) in [6.07, 6.45) is 5.31. The first-order chi connectivity index (χ1) is 11.9. The fourth-order valence-electron chi connectivity index (χ4n) is 3.17. The number of guanidine groups is 1. The Labute approximate surface area is 151 Å². The van der Waals surface area contributed by atoms with Gasteiger partial charge in [-0.25, -0.2) is 13.1 Å². The van der Waals surface area contributed by atoms with E-state index in [0.717, 1.165) is 19.0 Å². The molecule has 1 atom stereocenters. The van der Waals surface area contributed by atoms with E-state index in [0.29, 0.717) is 24.9 Å². The maximum atomic E-state index is 12.1. The SMILES string of the molecule is CN=C(NCCNS(=O)(=O)c1cccnc1)N1CCC(CC(C)C)C1. The third-order valence-electron chi connectivity index (χ3n) is 4.25. The van der Waals surface area contributed by atoms with Crippen LogP contribution < -0.4 is 10.0 Å². The van der Waals surface area contributed by atoms with Gasteiger partial charge >= 0.3 is 0 Å². The van der Waals surface area contributed by atoms with E-state index < -0.39 is 10.0 Å². The van der Waals surface area contributed by atoms with Crippen LogP contribution in [0.25, 0.3) is 0 Å². The predicted molar refractivity (Wildman–Crippen MR) is 99.9 cm³/mol. The highest BCUT2D eigenvalue weighted by atomic mass is 32.2. The molecule has 1 unspecified atom stereocenters. The van der Waals surface area contributed by atoms with Crippen LogP contribution in [0, 0.1) is 11.8 Å². The number of pyridine rings is 1. The summed E-state index contributed by atoms with van der Waals surface area (Å²) >= 11 is 0. The lowest BCUT2D eigenvalue weighted by Crippen LogP contribution is -2.43. The van der Waals surface area contributed by atoms with Gasteiger partial charge in [0, 0.05) is 45.6 Å². The summed E-state index contributed by atoms with van der Waals surface area (Å²) in [4.78, 5) is 10.6. The molecule has 0 bridgehead atoms. The summed E-state index contributed by atoms with van der Waals surface area (Å²) in [5.74, 6) is 2.26. The van der Waals surface area contributed by atoms with Crippen LogP contribution in [-0.4, -0.2) is 57.5 Å². The molecule has 0 saturated carbocycles. The number of likely N-dealkylation sites (tertiary alicyclic amines) is 1. The molecule has 7 nitrogen and oxygen atoms in total. The first-order valence-electron chi connectivity index (χ1n) is 8.77. The molecule has 1 fully saturated rings. The van der Waals surface area contributed by atoms with E-state index in [-0.39, 0.29) is 4.90 Å². The first-order valence-corrected chi connectivity index (χ1v) is 10.3. The van der Waals surface area contributed by atoms with Gasteiger partial charge in [0.1, 0.15) is 4.90 Å². The van der Waals surface area contributed by atoms with Gasteiger partial charge in [-0.2, -0.15) is 0 Å². The molecular weight excluding hydrogens is 338 g/mol. The average molecular weight is 368 g/mol. The molecule has 8 heteroatoms. The molecular formula is C17H29N5O2S. The maximum absolute atomic E-state index is 12.1. The molecule has 0 radical (unpaired) electrons. The number of aromatic nitrogens is 1. The number of nitrogens with one attached hydrogen (secondary N) is 2. The summed E-state index contributed by atoms with van der Waals surface area (Å²) < 4.78 is 26.8. The molecule has 1 aromatic heterocycles. The largest absolute Gasteiger partial charge is 0.355 e. The second-order valence-electron chi connectivity index (χ2n) is 6.79. The molecule has 2 N–H and O–H groups in total. The van der Waals surface area contributed by atoms with E-state index in [1.165, 1.54) is 25.1 Å². The number of aliphatic imine (C=N–C) groups is 1. The Kier molecular flexibility index (Phi) is 7.19. The van der Waals surface area contributed by atoms with Crippen LogP contribution in [0.2, 0.25) is 0 Å². The zero-order chi connectivity index (χ0) is 18.3. The van der Waals surface area contributed by atoms with Crippen molar-refractivity contribution in [2.75, 3.05) is 33.2 Å². The number of nitrogens with zero attached hydrogens (tertiary/aromatic N) is 3. The standard InChI is InChI=1S/C17H29N5O2S/c1-14(2)11-15-6-10-22(13-15)17(18-3)20-8-9-21-25(23,24)16-5-4-7-19-12-16/h4-5,7,12,14-15,21H,6,8-11,13H2,1-3H3,(H,18,20). The Balaban J connectivity index is 1.77. The normalized spacial score (nSPS) is 18.8. The van der Waals surface area contributed by atoms with E-state index in [9.17, 15) is 8.42 Å². The van der Waals surface area contributed by atoms with Crippen molar-refractivity contribution in [2.45, 2.75) is 31.6 Å². The van der Waals surface area contributed by atoms with Crippen molar-refractivity contribution in [3.05, 3.63) is 24.5 Å². The number of rotatable bonds is 7. The molecule has 1 saturated heterocycles. The van der Waals surface area contributed by atoms with Crippen molar-refractivity contribution in [1.29, 1.82) is 0 Å². The molecule has 0 aliphatic carbocycles. The average Bonchev–Trinajstić information content (AvgIpc) is 3.03. The minimum absolute atomic E-state index is 0.176. The van der Waals surface area contributed by atoms with E-state index in [2.05, 4.69) is 38.8 Å². The van der Waals surface area contributed by atoms with E-state index >= 15 is 0 Å². The van der Waals surface area contributed by atoms with Crippen LogP contribution in [0.3, 0.4) is 0 Å². The van der Waals surface area contributed by atoms with Crippen molar-refractivity contribution in [3.63, 3.8) is 0 Å². The number of hydrogen-bond donors (Lipinski definition) is 2. The van der Waals surface area contributed by atoms with Gasteiger partial charge in [0.15, 0.2) is 5.96 Å². The summed E-state index contributed by atoms with van der Waals surface area (Å²) in [6.45, 7) is 7.29. The van der Waals surface area contributed by atoms with Gasteiger partial charge in [0.2, 0.25) is 10.0 Å². The lowest BCUT2D eigenvalue weighted by molar-refractivity contribution is 0.404. The highest BCUT2D eigenvalue weighted by molar-refractivity contribution is 7.89. The second kappa shape index (κ2) is 9.15. The van der Waals surface area contributed by atoms with Crippen LogP contribution in [0.5, 0.6) is 0 Å². The number of sulfonamides is 1. The summed E-state index contributed by atoms with van der Waals surface area (Å²) in [7, 11) is -1.75. The smallest absolute Gasteiger partial charge is 0.242 e. The molecule has 2 rings (SSSR count). The van der Waals surface area contributed by atoms with Gasteiger partial charge in [-0.05, 0) is 36.8 Å². The van der Waals surface area contributed by atoms with E-state index in [1.54, 1.807) is 19.3 Å². The monoisotopic (exact) mass is 367 g/mol. The quantitative estimate of drug-likeness (QED) is 0.431. The summed E-state index contributed by atoms with van der Waals surface area (Å²) in [5, 5.41) is 3.24. The fraction of sp³-hybridized carbons (Fsp3) is 0.647. The highest BCUT2D eigenvalue weighted by Crippen LogP contribution is 2.23. The molecule has 2 heterocycles.